The van der Waals surface area contributed by atoms with E-state index < -0.39 is 0 Å². The maximum Gasteiger partial charge on any atom is 0.0361 e. The second-order valence-corrected chi connectivity index (χ2v) is 8.41. The van der Waals surface area contributed by atoms with Gasteiger partial charge < -0.3 is 0 Å². The van der Waals surface area contributed by atoms with Gasteiger partial charge in [0.15, 0.2) is 0 Å². The predicted molar refractivity (Wildman–Crippen MR) is 127 cm³/mol. The van der Waals surface area contributed by atoms with Gasteiger partial charge in [0.25, 0.3) is 0 Å². The van der Waals surface area contributed by atoms with Crippen molar-refractivity contribution in [2.75, 3.05) is 0 Å². The van der Waals surface area contributed by atoms with Gasteiger partial charge in [-0.1, -0.05) is 60.4 Å². The quantitative estimate of drug-likeness (QED) is 0.235. The fraction of sp³-hybridized carbons (Fsp3) is 0. The Balaban J connectivity index is 1.54. The van der Waals surface area contributed by atoms with E-state index in [9.17, 15) is 0 Å². The van der Waals surface area contributed by atoms with E-state index in [1.807, 2.05) is 41.7 Å². The van der Waals surface area contributed by atoms with Gasteiger partial charge in [0.2, 0.25) is 0 Å². The molecule has 5 aromatic carbocycles. The first-order chi connectivity index (χ1) is 14.3. The zero-order valence-electron chi connectivity index (χ0n) is 15.6. The van der Waals surface area contributed by atoms with Gasteiger partial charge in [-0.15, -0.1) is 11.3 Å². The highest BCUT2D eigenvalue weighted by molar-refractivity contribution is 7.26. The molecule has 0 saturated carbocycles. The first-order valence-corrected chi connectivity index (χ1v) is 10.5. The second kappa shape index (κ2) is 6.48. The van der Waals surface area contributed by atoms with Crippen LogP contribution < -0.4 is 0 Å². The molecule has 134 valence electrons. The van der Waals surface area contributed by atoms with Gasteiger partial charge in [-0.2, -0.15) is 0 Å². The topological polar surface area (TPSA) is 0 Å². The van der Waals surface area contributed by atoms with E-state index in [2.05, 4.69) is 78.6 Å². The Bertz CT molecular complexity index is 1590. The summed E-state index contributed by atoms with van der Waals surface area (Å²) in [4.78, 5) is 0. The first-order valence-electron chi connectivity index (χ1n) is 9.69. The van der Waals surface area contributed by atoms with E-state index in [1.54, 1.807) is 0 Å². The summed E-state index contributed by atoms with van der Waals surface area (Å²) >= 11 is 1.88. The summed E-state index contributed by atoms with van der Waals surface area (Å²) in [5.41, 5.74) is 2.09. The Labute approximate surface area is 173 Å². The Morgan fingerprint density at radius 1 is 0.448 bits per heavy atom. The van der Waals surface area contributed by atoms with E-state index in [-0.39, 0.29) is 0 Å². The fourth-order valence-electron chi connectivity index (χ4n) is 3.95. The molecule has 0 N–H and O–H groups in total. The number of benzene rings is 5. The molecule has 6 aromatic rings. The molecule has 0 unspecified atom stereocenters. The molecule has 0 amide bonds. The van der Waals surface area contributed by atoms with Gasteiger partial charge in [0.05, 0.1) is 0 Å². The normalized spacial score (nSPS) is 11.2. The van der Waals surface area contributed by atoms with Crippen LogP contribution in [0.4, 0.5) is 0 Å². The Kier molecular flexibility index (Phi) is 3.66. The minimum Gasteiger partial charge on any atom is -0.135 e. The third kappa shape index (κ3) is 2.86. The summed E-state index contributed by atoms with van der Waals surface area (Å²) < 4.78 is 2.68. The maximum atomic E-state index is 3.31. The van der Waals surface area contributed by atoms with E-state index in [0.29, 0.717) is 0 Å². The zero-order chi connectivity index (χ0) is 19.2. The van der Waals surface area contributed by atoms with E-state index in [1.165, 1.54) is 41.7 Å². The molecule has 0 aliphatic heterocycles. The van der Waals surface area contributed by atoms with Crippen molar-refractivity contribution in [2.24, 2.45) is 0 Å². The van der Waals surface area contributed by atoms with Crippen molar-refractivity contribution in [1.82, 2.24) is 0 Å². The van der Waals surface area contributed by atoms with Crippen LogP contribution in [0.25, 0.3) is 41.7 Å². The minimum absolute atomic E-state index is 1.04. The minimum atomic E-state index is 1.04. The second-order valence-electron chi connectivity index (χ2n) is 7.32. The molecule has 1 heterocycles. The lowest BCUT2D eigenvalue weighted by atomic mass is 10.0. The molecule has 1 heteroatoms. The van der Waals surface area contributed by atoms with Crippen LogP contribution in [0, 0.1) is 11.8 Å². The fourth-order valence-corrected chi connectivity index (χ4v) is 5.11. The molecular weight excluding hydrogens is 368 g/mol. The zero-order valence-corrected chi connectivity index (χ0v) is 16.5. The van der Waals surface area contributed by atoms with Gasteiger partial charge >= 0.3 is 0 Å². The molecule has 0 aliphatic carbocycles. The molecule has 0 radical (unpaired) electrons. The number of hydrogen-bond donors (Lipinski definition) is 0. The molecule has 0 atom stereocenters. The van der Waals surface area contributed by atoms with Crippen LogP contribution in [-0.2, 0) is 0 Å². The van der Waals surface area contributed by atoms with Gasteiger partial charge in [-0.25, -0.2) is 0 Å². The van der Waals surface area contributed by atoms with Crippen molar-refractivity contribution in [3.8, 4) is 11.8 Å². The Morgan fingerprint density at radius 2 is 1.03 bits per heavy atom. The standard InChI is InChI=1S/C28H16S/c1-2-6-19(7-3-1)10-11-20-12-13-23-18-28-26(16-24(23)14-20)25-15-21-8-4-5-9-22(21)17-27(25)29-28/h1-9,12-18H. The maximum absolute atomic E-state index is 3.31. The van der Waals surface area contributed by atoms with Crippen molar-refractivity contribution >= 4 is 53.1 Å². The summed E-state index contributed by atoms with van der Waals surface area (Å²) in [7, 11) is 0. The lowest BCUT2D eigenvalue weighted by molar-refractivity contribution is 1.64. The number of rotatable bonds is 0. The van der Waals surface area contributed by atoms with Gasteiger partial charge in [-0.3, -0.25) is 0 Å². The lowest BCUT2D eigenvalue weighted by Gasteiger charge is -2.01. The van der Waals surface area contributed by atoms with Crippen LogP contribution >= 0.6 is 11.3 Å². The van der Waals surface area contributed by atoms with Crippen molar-refractivity contribution < 1.29 is 0 Å². The molecule has 0 bridgehead atoms. The van der Waals surface area contributed by atoms with Crippen molar-refractivity contribution in [3.05, 3.63) is 108 Å². The third-order valence-corrected chi connectivity index (χ3v) is 6.54. The average molecular weight is 385 g/mol. The van der Waals surface area contributed by atoms with Gasteiger partial charge in [0, 0.05) is 31.3 Å². The van der Waals surface area contributed by atoms with E-state index in [4.69, 9.17) is 0 Å². The first kappa shape index (κ1) is 16.4. The van der Waals surface area contributed by atoms with Crippen LogP contribution in [0.5, 0.6) is 0 Å². The van der Waals surface area contributed by atoms with Gasteiger partial charge in [-0.05, 0) is 70.1 Å². The number of hydrogen-bond acceptors (Lipinski definition) is 1. The summed E-state index contributed by atoms with van der Waals surface area (Å²) in [5.74, 6) is 6.57. The van der Waals surface area contributed by atoms with Crippen LogP contribution in [0.15, 0.2) is 97.1 Å². The molecule has 0 saturated heterocycles. The average Bonchev–Trinajstić information content (AvgIpc) is 3.11. The van der Waals surface area contributed by atoms with Crippen molar-refractivity contribution in [2.45, 2.75) is 0 Å². The number of thiophene rings is 1. The highest BCUT2D eigenvalue weighted by atomic mass is 32.1. The summed E-state index contributed by atoms with van der Waals surface area (Å²) in [5, 5.41) is 7.77. The SMILES string of the molecule is C(#Cc1ccc2cc3sc4cc5ccccc5cc4c3cc2c1)c1ccccc1. The summed E-state index contributed by atoms with van der Waals surface area (Å²) in [6.45, 7) is 0. The van der Waals surface area contributed by atoms with E-state index in [0.717, 1.165) is 11.1 Å². The monoisotopic (exact) mass is 384 g/mol. The molecule has 1 aromatic heterocycles. The van der Waals surface area contributed by atoms with Crippen molar-refractivity contribution in [1.29, 1.82) is 0 Å². The van der Waals surface area contributed by atoms with E-state index >= 15 is 0 Å². The largest absolute Gasteiger partial charge is 0.135 e. The summed E-state index contributed by atoms with van der Waals surface area (Å²) in [6, 6.07) is 34.5. The molecule has 29 heavy (non-hydrogen) atoms. The number of fused-ring (bicyclic) bond motifs is 5. The Morgan fingerprint density at radius 3 is 1.79 bits per heavy atom. The van der Waals surface area contributed by atoms with Crippen molar-refractivity contribution in [3.63, 3.8) is 0 Å². The molecule has 0 spiro atoms. The third-order valence-electron chi connectivity index (χ3n) is 5.42. The lowest BCUT2D eigenvalue weighted by Crippen LogP contribution is -1.78. The smallest absolute Gasteiger partial charge is 0.0361 e. The highest BCUT2D eigenvalue weighted by Crippen LogP contribution is 2.38. The highest BCUT2D eigenvalue weighted by Gasteiger charge is 2.08. The van der Waals surface area contributed by atoms with Crippen LogP contribution in [-0.4, -0.2) is 0 Å². The predicted octanol–water partition coefficient (Wildman–Crippen LogP) is 7.76. The molecule has 0 nitrogen and oxygen atoms in total. The van der Waals surface area contributed by atoms with Gasteiger partial charge in [0.1, 0.15) is 0 Å². The summed E-state index contributed by atoms with van der Waals surface area (Å²) in [6.07, 6.45) is 0. The Hall–Kier alpha value is -3.60. The molecular formula is C28H16S. The van der Waals surface area contributed by atoms with Crippen LogP contribution in [0.3, 0.4) is 0 Å². The molecule has 0 fully saturated rings. The molecule has 6 rings (SSSR count). The van der Waals surface area contributed by atoms with Crippen LogP contribution in [0.2, 0.25) is 0 Å². The van der Waals surface area contributed by atoms with Crippen LogP contribution in [0.1, 0.15) is 11.1 Å². The molecule has 0 aliphatic rings.